The number of hydrogen-bond acceptors (Lipinski definition) is 4. The molecule has 0 saturated heterocycles. The van der Waals surface area contributed by atoms with Crippen LogP contribution >= 0.6 is 0 Å². The van der Waals surface area contributed by atoms with Gasteiger partial charge in [0.05, 0.1) is 18.0 Å². The zero-order valence-corrected chi connectivity index (χ0v) is 11.6. The van der Waals surface area contributed by atoms with Gasteiger partial charge >= 0.3 is 0 Å². The predicted octanol–water partition coefficient (Wildman–Crippen LogP) is 4.86. The number of anilines is 1. The standard InChI is InChI=1S/C16H19N3O/c1-2-3-12-20-16-10-8-15(9-11-16)19-18-14-6-4-13(17)5-7-14/h4-11H,2-3,12,17H2,1H3/b19-18+. The van der Waals surface area contributed by atoms with Gasteiger partial charge in [-0.1, -0.05) is 13.3 Å². The molecule has 104 valence electrons. The molecule has 0 aliphatic heterocycles. The normalized spacial score (nSPS) is 10.8. The molecule has 0 unspecified atom stereocenters. The van der Waals surface area contributed by atoms with Crippen molar-refractivity contribution in [3.05, 3.63) is 48.5 Å². The van der Waals surface area contributed by atoms with Gasteiger partial charge in [0.25, 0.3) is 0 Å². The molecule has 0 atom stereocenters. The van der Waals surface area contributed by atoms with E-state index in [0.29, 0.717) is 0 Å². The molecule has 0 aliphatic rings. The van der Waals surface area contributed by atoms with Crippen LogP contribution in [0.15, 0.2) is 58.8 Å². The fourth-order valence-electron chi connectivity index (χ4n) is 1.60. The quantitative estimate of drug-likeness (QED) is 0.462. The lowest BCUT2D eigenvalue weighted by Crippen LogP contribution is -1.95. The fraction of sp³-hybridized carbons (Fsp3) is 0.250. The molecule has 2 aromatic carbocycles. The van der Waals surface area contributed by atoms with E-state index >= 15 is 0 Å². The monoisotopic (exact) mass is 269 g/mol. The number of unbranched alkanes of at least 4 members (excludes halogenated alkanes) is 1. The van der Waals surface area contributed by atoms with E-state index in [-0.39, 0.29) is 0 Å². The van der Waals surface area contributed by atoms with Crippen molar-refractivity contribution in [2.45, 2.75) is 19.8 Å². The maximum Gasteiger partial charge on any atom is 0.119 e. The van der Waals surface area contributed by atoms with Crippen LogP contribution in [0.3, 0.4) is 0 Å². The summed E-state index contributed by atoms with van der Waals surface area (Å²) in [5, 5.41) is 8.32. The summed E-state index contributed by atoms with van der Waals surface area (Å²) in [4.78, 5) is 0. The summed E-state index contributed by atoms with van der Waals surface area (Å²) in [6.07, 6.45) is 2.20. The Morgan fingerprint density at radius 2 is 1.45 bits per heavy atom. The Bertz CT molecular complexity index is 547. The summed E-state index contributed by atoms with van der Waals surface area (Å²) in [5.41, 5.74) is 7.91. The maximum absolute atomic E-state index is 5.61. The second-order valence-electron chi connectivity index (χ2n) is 4.49. The van der Waals surface area contributed by atoms with Gasteiger partial charge in [-0.2, -0.15) is 10.2 Å². The number of nitrogens with zero attached hydrogens (tertiary/aromatic N) is 2. The van der Waals surface area contributed by atoms with Gasteiger partial charge in [0.2, 0.25) is 0 Å². The fourth-order valence-corrected chi connectivity index (χ4v) is 1.60. The number of rotatable bonds is 6. The molecule has 0 fully saturated rings. The van der Waals surface area contributed by atoms with Gasteiger partial charge in [-0.25, -0.2) is 0 Å². The van der Waals surface area contributed by atoms with Crippen LogP contribution in [-0.4, -0.2) is 6.61 Å². The highest BCUT2D eigenvalue weighted by molar-refractivity contribution is 5.48. The van der Waals surface area contributed by atoms with E-state index in [1.807, 2.05) is 36.4 Å². The van der Waals surface area contributed by atoms with Crippen LogP contribution in [0.5, 0.6) is 5.75 Å². The average molecular weight is 269 g/mol. The molecular formula is C16H19N3O. The minimum Gasteiger partial charge on any atom is -0.494 e. The first-order chi connectivity index (χ1) is 9.78. The third-order valence-corrected chi connectivity index (χ3v) is 2.78. The minimum absolute atomic E-state index is 0.720. The minimum atomic E-state index is 0.720. The molecule has 0 radical (unpaired) electrons. The SMILES string of the molecule is CCCCOc1ccc(/N=N/c2ccc(N)cc2)cc1. The lowest BCUT2D eigenvalue weighted by atomic mass is 10.3. The Kier molecular flexibility index (Phi) is 5.12. The van der Waals surface area contributed by atoms with Gasteiger partial charge in [-0.3, -0.25) is 0 Å². The van der Waals surface area contributed by atoms with Crippen LogP contribution in [0.2, 0.25) is 0 Å². The number of hydrogen-bond donors (Lipinski definition) is 1. The van der Waals surface area contributed by atoms with Crippen molar-refractivity contribution >= 4 is 17.1 Å². The van der Waals surface area contributed by atoms with Gasteiger partial charge in [0, 0.05) is 5.69 Å². The third kappa shape index (κ3) is 4.39. The Morgan fingerprint density at radius 3 is 2.00 bits per heavy atom. The lowest BCUT2D eigenvalue weighted by Gasteiger charge is -2.04. The van der Waals surface area contributed by atoms with E-state index < -0.39 is 0 Å². The van der Waals surface area contributed by atoms with Crippen LogP contribution in [0.4, 0.5) is 17.1 Å². The van der Waals surface area contributed by atoms with Crippen molar-refractivity contribution in [3.8, 4) is 5.75 Å². The van der Waals surface area contributed by atoms with E-state index in [2.05, 4.69) is 17.2 Å². The van der Waals surface area contributed by atoms with Crippen molar-refractivity contribution in [3.63, 3.8) is 0 Å². The second-order valence-corrected chi connectivity index (χ2v) is 4.49. The highest BCUT2D eigenvalue weighted by atomic mass is 16.5. The van der Waals surface area contributed by atoms with Gasteiger partial charge in [-0.15, -0.1) is 0 Å². The van der Waals surface area contributed by atoms with E-state index in [1.54, 1.807) is 12.1 Å². The van der Waals surface area contributed by atoms with E-state index in [4.69, 9.17) is 10.5 Å². The lowest BCUT2D eigenvalue weighted by molar-refractivity contribution is 0.309. The van der Waals surface area contributed by atoms with Crippen molar-refractivity contribution in [1.29, 1.82) is 0 Å². The van der Waals surface area contributed by atoms with Crippen LogP contribution in [0.25, 0.3) is 0 Å². The summed E-state index contributed by atoms with van der Waals surface area (Å²) in [5.74, 6) is 0.866. The summed E-state index contributed by atoms with van der Waals surface area (Å²) in [6.45, 7) is 2.90. The topological polar surface area (TPSA) is 60.0 Å². The first kappa shape index (κ1) is 14.1. The molecule has 2 N–H and O–H groups in total. The van der Waals surface area contributed by atoms with Crippen molar-refractivity contribution in [2.75, 3.05) is 12.3 Å². The first-order valence-electron chi connectivity index (χ1n) is 6.78. The summed E-state index contributed by atoms with van der Waals surface area (Å²) in [6, 6.07) is 14.9. The molecule has 0 spiro atoms. The van der Waals surface area contributed by atoms with Crippen LogP contribution in [0, 0.1) is 0 Å². The van der Waals surface area contributed by atoms with Gasteiger partial charge in [0.1, 0.15) is 5.75 Å². The Labute approximate surface area is 119 Å². The predicted molar refractivity (Wildman–Crippen MR) is 81.9 cm³/mol. The molecule has 2 aromatic rings. The number of benzene rings is 2. The highest BCUT2D eigenvalue weighted by Gasteiger charge is 1.95. The summed E-state index contributed by atoms with van der Waals surface area (Å²) >= 11 is 0. The van der Waals surface area contributed by atoms with E-state index in [0.717, 1.165) is 42.3 Å². The van der Waals surface area contributed by atoms with E-state index in [1.165, 1.54) is 0 Å². The average Bonchev–Trinajstić information content (AvgIpc) is 2.48. The molecule has 4 heteroatoms. The molecule has 0 aliphatic carbocycles. The van der Waals surface area contributed by atoms with Gasteiger partial charge in [-0.05, 0) is 55.0 Å². The maximum atomic E-state index is 5.61. The second kappa shape index (κ2) is 7.28. The number of nitrogens with two attached hydrogens (primary N) is 1. The van der Waals surface area contributed by atoms with Gasteiger partial charge in [0.15, 0.2) is 0 Å². The molecule has 0 aromatic heterocycles. The first-order valence-corrected chi connectivity index (χ1v) is 6.78. The number of ether oxygens (including phenoxy) is 1. The van der Waals surface area contributed by atoms with Crippen molar-refractivity contribution < 1.29 is 4.74 Å². The molecule has 2 rings (SSSR count). The molecular weight excluding hydrogens is 250 g/mol. The zero-order chi connectivity index (χ0) is 14.2. The molecule has 0 heterocycles. The largest absolute Gasteiger partial charge is 0.494 e. The molecule has 0 bridgehead atoms. The highest BCUT2D eigenvalue weighted by Crippen LogP contribution is 2.21. The molecule has 20 heavy (non-hydrogen) atoms. The summed E-state index contributed by atoms with van der Waals surface area (Å²) in [7, 11) is 0. The van der Waals surface area contributed by atoms with Crippen molar-refractivity contribution in [1.82, 2.24) is 0 Å². The Hall–Kier alpha value is -2.36. The van der Waals surface area contributed by atoms with Crippen molar-refractivity contribution in [2.24, 2.45) is 10.2 Å². The van der Waals surface area contributed by atoms with E-state index in [9.17, 15) is 0 Å². The van der Waals surface area contributed by atoms with Crippen LogP contribution < -0.4 is 10.5 Å². The zero-order valence-electron chi connectivity index (χ0n) is 11.6. The number of nitrogen functional groups attached to an aromatic ring is 1. The van der Waals surface area contributed by atoms with Crippen LogP contribution in [0.1, 0.15) is 19.8 Å². The smallest absolute Gasteiger partial charge is 0.119 e. The molecule has 0 saturated carbocycles. The molecule has 0 amide bonds. The number of azo groups is 1. The third-order valence-electron chi connectivity index (χ3n) is 2.78. The van der Waals surface area contributed by atoms with Gasteiger partial charge < -0.3 is 10.5 Å². The summed E-state index contributed by atoms with van der Waals surface area (Å²) < 4.78 is 5.59. The Balaban J connectivity index is 1.94. The van der Waals surface area contributed by atoms with Crippen LogP contribution in [-0.2, 0) is 0 Å². The Morgan fingerprint density at radius 1 is 0.900 bits per heavy atom. The molecule has 4 nitrogen and oxygen atoms in total.